The third-order valence-corrected chi connectivity index (χ3v) is 7.35. The van der Waals surface area contributed by atoms with E-state index >= 15 is 0 Å². The molecule has 4 rings (SSSR count). The smallest absolute Gasteiger partial charge is 0.223 e. The van der Waals surface area contributed by atoms with Gasteiger partial charge in [-0.1, -0.05) is 0 Å². The van der Waals surface area contributed by atoms with Crippen LogP contribution in [0.4, 0.5) is 5.82 Å². The fourth-order valence-electron chi connectivity index (χ4n) is 4.53. The first-order chi connectivity index (χ1) is 15.2. The van der Waals surface area contributed by atoms with Gasteiger partial charge in [-0.25, -0.2) is 27.4 Å². The summed E-state index contributed by atoms with van der Waals surface area (Å²) in [6, 6.07) is 0. The van der Waals surface area contributed by atoms with E-state index in [0.717, 1.165) is 29.9 Å². The van der Waals surface area contributed by atoms with Crippen molar-refractivity contribution in [3.05, 3.63) is 12.5 Å². The highest BCUT2D eigenvalue weighted by Gasteiger charge is 2.29. The molecule has 2 aliphatic rings. The minimum absolute atomic E-state index is 0.0405. The van der Waals surface area contributed by atoms with Crippen LogP contribution in [0, 0.1) is 5.92 Å². The predicted molar refractivity (Wildman–Crippen MR) is 120 cm³/mol. The topological polar surface area (TPSA) is 123 Å². The van der Waals surface area contributed by atoms with Crippen molar-refractivity contribution in [1.29, 1.82) is 0 Å². The minimum atomic E-state index is -3.19. The van der Waals surface area contributed by atoms with Crippen LogP contribution < -0.4 is 10.2 Å². The number of morpholine rings is 1. The number of hydrogen-bond donors (Lipinski definition) is 1. The van der Waals surface area contributed by atoms with Crippen LogP contribution in [0.1, 0.15) is 26.7 Å². The molecule has 32 heavy (non-hydrogen) atoms. The van der Waals surface area contributed by atoms with Crippen LogP contribution in [0.2, 0.25) is 0 Å². The van der Waals surface area contributed by atoms with Gasteiger partial charge in [-0.3, -0.25) is 4.79 Å². The van der Waals surface area contributed by atoms with Gasteiger partial charge in [0.2, 0.25) is 15.9 Å². The molecule has 176 valence electrons. The van der Waals surface area contributed by atoms with E-state index in [1.807, 2.05) is 0 Å². The van der Waals surface area contributed by atoms with Gasteiger partial charge in [0, 0.05) is 38.6 Å². The molecule has 0 bridgehead atoms. The van der Waals surface area contributed by atoms with Gasteiger partial charge in [-0.05, 0) is 26.7 Å². The van der Waals surface area contributed by atoms with Crippen LogP contribution in [-0.2, 0) is 26.1 Å². The summed E-state index contributed by atoms with van der Waals surface area (Å²) in [7, 11) is -3.19. The lowest BCUT2D eigenvalue weighted by molar-refractivity contribution is -0.126. The maximum Gasteiger partial charge on any atom is 0.223 e. The molecule has 2 aliphatic heterocycles. The van der Waals surface area contributed by atoms with Crippen molar-refractivity contribution in [3.8, 4) is 0 Å². The molecule has 0 aromatic carbocycles. The molecule has 0 radical (unpaired) electrons. The zero-order chi connectivity index (χ0) is 22.9. The second-order valence-electron chi connectivity index (χ2n) is 8.69. The number of carbonyl (C=O) groups is 1. The minimum Gasteiger partial charge on any atom is -0.372 e. The molecule has 2 saturated heterocycles. The Hall–Kier alpha value is -2.31. The van der Waals surface area contributed by atoms with Crippen LogP contribution in [0.5, 0.6) is 0 Å². The molecular weight excluding hydrogens is 434 g/mol. The van der Waals surface area contributed by atoms with Gasteiger partial charge in [0.05, 0.1) is 36.6 Å². The molecule has 1 amide bonds. The molecule has 2 fully saturated rings. The molecule has 11 nitrogen and oxygen atoms in total. The third kappa shape index (κ3) is 5.02. The number of sulfonamides is 1. The van der Waals surface area contributed by atoms with E-state index in [2.05, 4.69) is 39.1 Å². The van der Waals surface area contributed by atoms with Gasteiger partial charge in [0.25, 0.3) is 0 Å². The van der Waals surface area contributed by atoms with Crippen molar-refractivity contribution in [2.24, 2.45) is 5.92 Å². The average Bonchev–Trinajstić information content (AvgIpc) is 3.15. The number of anilines is 1. The normalized spacial score (nSPS) is 23.5. The lowest BCUT2D eigenvalue weighted by Gasteiger charge is -2.36. The van der Waals surface area contributed by atoms with Crippen molar-refractivity contribution < 1.29 is 17.9 Å². The molecule has 2 unspecified atom stereocenters. The van der Waals surface area contributed by atoms with Crippen molar-refractivity contribution in [2.75, 3.05) is 43.9 Å². The summed E-state index contributed by atoms with van der Waals surface area (Å²) in [5, 5.41) is 8.31. The number of nitrogens with zero attached hydrogens (tertiary/aromatic N) is 6. The summed E-state index contributed by atoms with van der Waals surface area (Å²) in [6.45, 7) is 7.32. The van der Waals surface area contributed by atoms with Gasteiger partial charge in [-0.2, -0.15) is 5.10 Å². The number of amides is 1. The molecule has 0 spiro atoms. The monoisotopic (exact) mass is 465 g/mol. The summed E-state index contributed by atoms with van der Waals surface area (Å²) < 4.78 is 32.3. The van der Waals surface area contributed by atoms with E-state index in [-0.39, 0.29) is 24.0 Å². The second kappa shape index (κ2) is 9.28. The maximum atomic E-state index is 12.5. The van der Waals surface area contributed by atoms with E-state index in [4.69, 9.17) is 4.74 Å². The van der Waals surface area contributed by atoms with E-state index in [0.29, 0.717) is 39.0 Å². The molecule has 0 aliphatic carbocycles. The lowest BCUT2D eigenvalue weighted by Crippen LogP contribution is -2.45. The molecule has 0 saturated carbocycles. The predicted octanol–water partition coefficient (Wildman–Crippen LogP) is 0.228. The Morgan fingerprint density at radius 1 is 1.19 bits per heavy atom. The Morgan fingerprint density at radius 2 is 1.88 bits per heavy atom. The Morgan fingerprint density at radius 3 is 2.53 bits per heavy atom. The summed E-state index contributed by atoms with van der Waals surface area (Å²) in [5.41, 5.74) is 0.734. The Labute approximate surface area is 188 Å². The zero-order valence-corrected chi connectivity index (χ0v) is 19.6. The lowest BCUT2D eigenvalue weighted by atomic mass is 9.97. The quantitative estimate of drug-likeness (QED) is 0.643. The Balaban J connectivity index is 1.35. The molecule has 4 heterocycles. The van der Waals surface area contributed by atoms with Gasteiger partial charge in [0.1, 0.15) is 12.1 Å². The SMILES string of the molecule is CC1CN(c2ncnc3c2cnn3CCNC(=O)C2CCN(S(C)(=O)=O)CC2)CC(C)O1. The molecule has 2 atom stereocenters. The number of aromatic nitrogens is 4. The van der Waals surface area contributed by atoms with E-state index in [1.165, 1.54) is 10.6 Å². The van der Waals surface area contributed by atoms with Crippen molar-refractivity contribution in [3.63, 3.8) is 0 Å². The second-order valence-corrected chi connectivity index (χ2v) is 10.7. The third-order valence-electron chi connectivity index (χ3n) is 6.05. The first-order valence-electron chi connectivity index (χ1n) is 11.0. The van der Waals surface area contributed by atoms with Gasteiger partial charge in [0.15, 0.2) is 5.65 Å². The number of hydrogen-bond acceptors (Lipinski definition) is 8. The summed E-state index contributed by atoms with van der Waals surface area (Å²) in [5.74, 6) is 0.646. The van der Waals surface area contributed by atoms with Crippen LogP contribution in [-0.4, -0.2) is 89.6 Å². The largest absolute Gasteiger partial charge is 0.372 e. The van der Waals surface area contributed by atoms with Crippen molar-refractivity contribution in [2.45, 2.75) is 45.4 Å². The standard InChI is InChI=1S/C20H31N7O4S/c1-14-11-25(12-15(2)31-14)18-17-10-24-27(19(17)23-13-22-18)9-6-21-20(28)16-4-7-26(8-5-16)32(3,29)30/h10,13-16H,4-9,11-12H2,1-3H3,(H,21,28). The molecule has 12 heteroatoms. The van der Waals surface area contributed by atoms with Crippen LogP contribution >= 0.6 is 0 Å². The highest BCUT2D eigenvalue weighted by atomic mass is 32.2. The number of ether oxygens (including phenoxy) is 1. The number of piperidine rings is 1. The fourth-order valence-corrected chi connectivity index (χ4v) is 5.40. The molecule has 2 aromatic heterocycles. The number of rotatable bonds is 6. The van der Waals surface area contributed by atoms with Crippen LogP contribution in [0.3, 0.4) is 0 Å². The van der Waals surface area contributed by atoms with Gasteiger partial charge in [-0.15, -0.1) is 0 Å². The number of carbonyl (C=O) groups excluding carboxylic acids is 1. The number of fused-ring (bicyclic) bond motifs is 1. The number of nitrogens with one attached hydrogen (secondary N) is 1. The van der Waals surface area contributed by atoms with Crippen LogP contribution in [0.15, 0.2) is 12.5 Å². The van der Waals surface area contributed by atoms with E-state index < -0.39 is 10.0 Å². The maximum absolute atomic E-state index is 12.5. The Kier molecular flexibility index (Phi) is 6.63. The molecule has 2 aromatic rings. The fraction of sp³-hybridized carbons (Fsp3) is 0.700. The van der Waals surface area contributed by atoms with Gasteiger partial charge < -0.3 is 15.0 Å². The highest BCUT2D eigenvalue weighted by Crippen LogP contribution is 2.25. The summed E-state index contributed by atoms with van der Waals surface area (Å²) in [6.07, 6.45) is 5.86. The molecule has 1 N–H and O–H groups in total. The van der Waals surface area contributed by atoms with E-state index in [9.17, 15) is 13.2 Å². The molecular formula is C20H31N7O4S. The summed E-state index contributed by atoms with van der Waals surface area (Å²) in [4.78, 5) is 23.6. The first kappa shape index (κ1) is 22.9. The Bertz CT molecular complexity index is 1060. The first-order valence-corrected chi connectivity index (χ1v) is 12.9. The van der Waals surface area contributed by atoms with Crippen molar-refractivity contribution >= 4 is 32.8 Å². The van der Waals surface area contributed by atoms with Crippen LogP contribution in [0.25, 0.3) is 11.0 Å². The average molecular weight is 466 g/mol. The highest BCUT2D eigenvalue weighted by molar-refractivity contribution is 7.88. The van der Waals surface area contributed by atoms with Crippen molar-refractivity contribution in [1.82, 2.24) is 29.4 Å². The van der Waals surface area contributed by atoms with Gasteiger partial charge >= 0.3 is 0 Å². The van der Waals surface area contributed by atoms with E-state index in [1.54, 1.807) is 17.2 Å². The zero-order valence-electron chi connectivity index (χ0n) is 18.8. The summed E-state index contributed by atoms with van der Waals surface area (Å²) >= 11 is 0.